The second kappa shape index (κ2) is 8.87. The molecule has 1 saturated heterocycles. The van der Waals surface area contributed by atoms with E-state index in [2.05, 4.69) is 59.2 Å². The van der Waals surface area contributed by atoms with E-state index in [1.165, 1.54) is 16.8 Å². The zero-order valence-electron chi connectivity index (χ0n) is 19.2. The van der Waals surface area contributed by atoms with Gasteiger partial charge in [0.15, 0.2) is 0 Å². The fourth-order valence-corrected chi connectivity index (χ4v) is 4.42. The molecule has 1 amide bonds. The Balaban J connectivity index is 1.38. The van der Waals surface area contributed by atoms with Gasteiger partial charge >= 0.3 is 6.09 Å². The smallest absolute Gasteiger partial charge is 0.410 e. The summed E-state index contributed by atoms with van der Waals surface area (Å²) in [6.07, 6.45) is -0.224. The molecule has 31 heavy (non-hydrogen) atoms. The third-order valence-corrected chi connectivity index (χ3v) is 5.89. The molecule has 1 unspecified atom stereocenters. The molecular formula is C25H34N4O2. The number of fused-ring (bicyclic) bond motifs is 1. The molecule has 1 aromatic carbocycles. The van der Waals surface area contributed by atoms with Crippen LogP contribution in [0.2, 0.25) is 0 Å². The second-order valence-corrected chi connectivity index (χ2v) is 9.72. The van der Waals surface area contributed by atoms with Crippen LogP contribution in [0.1, 0.15) is 50.4 Å². The molecule has 4 rings (SSSR count). The van der Waals surface area contributed by atoms with E-state index in [0.717, 1.165) is 38.5 Å². The van der Waals surface area contributed by atoms with Crippen molar-refractivity contribution >= 4 is 11.9 Å². The zero-order valence-corrected chi connectivity index (χ0v) is 19.2. The van der Waals surface area contributed by atoms with Crippen molar-refractivity contribution in [3.05, 3.63) is 59.3 Å². The quantitative estimate of drug-likeness (QED) is 0.740. The van der Waals surface area contributed by atoms with E-state index in [1.54, 1.807) is 4.90 Å². The molecule has 0 saturated carbocycles. The first kappa shape index (κ1) is 21.6. The summed E-state index contributed by atoms with van der Waals surface area (Å²) in [4.78, 5) is 24.0. The minimum atomic E-state index is -0.460. The van der Waals surface area contributed by atoms with Crippen LogP contribution in [0, 0.1) is 0 Å². The minimum absolute atomic E-state index is 0.224. The molecule has 0 spiro atoms. The summed E-state index contributed by atoms with van der Waals surface area (Å²) in [5.74, 6) is 1.42. The van der Waals surface area contributed by atoms with Gasteiger partial charge in [0.05, 0.1) is 5.69 Å². The van der Waals surface area contributed by atoms with Gasteiger partial charge in [-0.15, -0.1) is 0 Å². The number of hydrogen-bond acceptors (Lipinski definition) is 5. The number of piperazine rings is 1. The standard InChI is InChI=1S/C25H34N4O2/c1-19-16-27(17-20-8-6-5-7-9-20)18-21-10-11-22(26-23(19)21)28-12-14-29(15-13-28)24(30)31-25(2,3)4/h5-11,19H,12-18H2,1-4H3. The van der Waals surface area contributed by atoms with Crippen molar-refractivity contribution in [2.45, 2.75) is 52.3 Å². The SMILES string of the molecule is CC1CN(Cc2ccccc2)Cc2ccc(N3CCN(C(=O)OC(C)(C)C)CC3)nc21. The van der Waals surface area contributed by atoms with Crippen LogP contribution in [0.25, 0.3) is 0 Å². The van der Waals surface area contributed by atoms with Gasteiger partial charge in [-0.1, -0.05) is 43.3 Å². The van der Waals surface area contributed by atoms with Gasteiger partial charge in [-0.2, -0.15) is 0 Å². The number of nitrogens with zero attached hydrogens (tertiary/aromatic N) is 4. The molecule has 166 valence electrons. The molecule has 2 aliphatic heterocycles. The van der Waals surface area contributed by atoms with Crippen LogP contribution in [-0.4, -0.2) is 59.2 Å². The Hall–Kier alpha value is -2.60. The van der Waals surface area contributed by atoms with Gasteiger partial charge in [-0.25, -0.2) is 9.78 Å². The predicted molar refractivity (Wildman–Crippen MR) is 123 cm³/mol. The van der Waals surface area contributed by atoms with Gasteiger partial charge < -0.3 is 14.5 Å². The summed E-state index contributed by atoms with van der Waals surface area (Å²) >= 11 is 0. The Labute approximate surface area is 185 Å². The average Bonchev–Trinajstić information content (AvgIpc) is 2.73. The zero-order chi connectivity index (χ0) is 22.0. The number of rotatable bonds is 3. The third kappa shape index (κ3) is 5.37. The number of carbonyl (C=O) groups excluding carboxylic acids is 1. The van der Waals surface area contributed by atoms with E-state index in [4.69, 9.17) is 9.72 Å². The molecule has 0 N–H and O–H groups in total. The van der Waals surface area contributed by atoms with Gasteiger partial charge in [-0.05, 0) is 38.0 Å². The third-order valence-electron chi connectivity index (χ3n) is 5.89. The van der Waals surface area contributed by atoms with Gasteiger partial charge in [-0.3, -0.25) is 4.90 Å². The molecule has 0 aliphatic carbocycles. The monoisotopic (exact) mass is 422 g/mol. The first-order chi connectivity index (χ1) is 14.8. The van der Waals surface area contributed by atoms with Crippen molar-refractivity contribution in [3.8, 4) is 0 Å². The van der Waals surface area contributed by atoms with E-state index >= 15 is 0 Å². The highest BCUT2D eigenvalue weighted by atomic mass is 16.6. The summed E-state index contributed by atoms with van der Waals surface area (Å²) in [6, 6.07) is 15.0. The van der Waals surface area contributed by atoms with Crippen molar-refractivity contribution in [1.82, 2.24) is 14.8 Å². The molecule has 0 bridgehead atoms. The topological polar surface area (TPSA) is 48.9 Å². The van der Waals surface area contributed by atoms with Crippen molar-refractivity contribution in [3.63, 3.8) is 0 Å². The fourth-order valence-electron chi connectivity index (χ4n) is 4.42. The summed E-state index contributed by atoms with van der Waals surface area (Å²) in [5.41, 5.74) is 3.44. The number of benzene rings is 1. The maximum Gasteiger partial charge on any atom is 0.410 e. The number of ether oxygens (including phenoxy) is 1. The highest BCUT2D eigenvalue weighted by Crippen LogP contribution is 2.30. The largest absolute Gasteiger partial charge is 0.444 e. The number of carbonyl (C=O) groups is 1. The Morgan fingerprint density at radius 3 is 2.45 bits per heavy atom. The van der Waals surface area contributed by atoms with Gasteiger partial charge in [0, 0.05) is 51.7 Å². The first-order valence-corrected chi connectivity index (χ1v) is 11.3. The first-order valence-electron chi connectivity index (χ1n) is 11.3. The van der Waals surface area contributed by atoms with E-state index in [0.29, 0.717) is 19.0 Å². The van der Waals surface area contributed by atoms with Crippen molar-refractivity contribution in [2.24, 2.45) is 0 Å². The summed E-state index contributed by atoms with van der Waals surface area (Å²) < 4.78 is 5.51. The Kier molecular flexibility index (Phi) is 6.19. The molecule has 0 radical (unpaired) electrons. The van der Waals surface area contributed by atoms with Crippen LogP contribution >= 0.6 is 0 Å². The number of anilines is 1. The van der Waals surface area contributed by atoms with Gasteiger partial charge in [0.25, 0.3) is 0 Å². The van der Waals surface area contributed by atoms with Crippen molar-refractivity contribution in [2.75, 3.05) is 37.6 Å². The summed E-state index contributed by atoms with van der Waals surface area (Å²) in [5, 5.41) is 0. The molecule has 1 aromatic heterocycles. The predicted octanol–water partition coefficient (Wildman–Crippen LogP) is 4.26. The van der Waals surface area contributed by atoms with Crippen LogP contribution in [0.5, 0.6) is 0 Å². The maximum atomic E-state index is 12.3. The normalized spacial score (nSPS) is 19.8. The molecule has 6 heteroatoms. The molecule has 6 nitrogen and oxygen atoms in total. The second-order valence-electron chi connectivity index (χ2n) is 9.72. The number of aromatic nitrogens is 1. The lowest BCUT2D eigenvalue weighted by atomic mass is 9.96. The Morgan fingerprint density at radius 1 is 1.06 bits per heavy atom. The van der Waals surface area contributed by atoms with E-state index in [-0.39, 0.29) is 6.09 Å². The maximum absolute atomic E-state index is 12.3. The van der Waals surface area contributed by atoms with E-state index < -0.39 is 5.60 Å². The fraction of sp³-hybridized carbons (Fsp3) is 0.520. The molecule has 2 aromatic rings. The number of amides is 1. The lowest BCUT2D eigenvalue weighted by molar-refractivity contribution is 0.0240. The van der Waals surface area contributed by atoms with E-state index in [9.17, 15) is 4.79 Å². The lowest BCUT2D eigenvalue weighted by Gasteiger charge is -2.37. The van der Waals surface area contributed by atoms with Crippen LogP contribution in [0.4, 0.5) is 10.6 Å². The molecule has 3 heterocycles. The summed E-state index contributed by atoms with van der Waals surface area (Å²) in [7, 11) is 0. The van der Waals surface area contributed by atoms with Gasteiger partial charge in [0.1, 0.15) is 11.4 Å². The Morgan fingerprint density at radius 2 is 1.77 bits per heavy atom. The minimum Gasteiger partial charge on any atom is -0.444 e. The highest BCUT2D eigenvalue weighted by Gasteiger charge is 2.28. The number of pyridine rings is 1. The highest BCUT2D eigenvalue weighted by molar-refractivity contribution is 5.68. The number of hydrogen-bond donors (Lipinski definition) is 0. The Bertz CT molecular complexity index is 901. The van der Waals surface area contributed by atoms with Gasteiger partial charge in [0.2, 0.25) is 0 Å². The molecular weight excluding hydrogens is 388 g/mol. The molecule has 1 fully saturated rings. The van der Waals surface area contributed by atoms with E-state index in [1.807, 2.05) is 20.8 Å². The summed E-state index contributed by atoms with van der Waals surface area (Å²) in [6.45, 7) is 13.8. The lowest BCUT2D eigenvalue weighted by Crippen LogP contribution is -2.50. The molecule has 1 atom stereocenters. The van der Waals surface area contributed by atoms with Crippen LogP contribution in [0.3, 0.4) is 0 Å². The van der Waals surface area contributed by atoms with Crippen LogP contribution < -0.4 is 4.90 Å². The van der Waals surface area contributed by atoms with Crippen molar-refractivity contribution < 1.29 is 9.53 Å². The average molecular weight is 423 g/mol. The van der Waals surface area contributed by atoms with Crippen LogP contribution in [0.15, 0.2) is 42.5 Å². The molecule has 2 aliphatic rings. The van der Waals surface area contributed by atoms with Crippen LogP contribution in [-0.2, 0) is 17.8 Å². The van der Waals surface area contributed by atoms with Crippen molar-refractivity contribution in [1.29, 1.82) is 0 Å².